The topological polar surface area (TPSA) is 12.9 Å². The first-order valence-corrected chi connectivity index (χ1v) is 5.38. The molecule has 1 nitrogen and oxygen atoms in total. The number of halogens is 7. The van der Waals surface area contributed by atoms with Crippen LogP contribution in [0.4, 0.5) is 22.0 Å². The van der Waals surface area contributed by atoms with Gasteiger partial charge in [-0.25, -0.2) is 13.8 Å². The molecule has 0 aliphatic rings. The second-order valence-electron chi connectivity index (χ2n) is 2.80. The molecule has 0 N–H and O–H groups in total. The van der Waals surface area contributed by atoms with Gasteiger partial charge in [-0.05, 0) is 11.6 Å². The maximum Gasteiger partial charge on any atom is 0.433 e. The maximum absolute atomic E-state index is 12.4. The van der Waals surface area contributed by atoms with Crippen molar-refractivity contribution < 1.29 is 22.0 Å². The van der Waals surface area contributed by atoms with Gasteiger partial charge >= 0.3 is 6.18 Å². The third kappa shape index (κ3) is 2.82. The van der Waals surface area contributed by atoms with Crippen molar-refractivity contribution in [3.05, 3.63) is 28.0 Å². The summed E-state index contributed by atoms with van der Waals surface area (Å²) in [6, 6.07) is 0.642. The van der Waals surface area contributed by atoms with Crippen molar-refractivity contribution in [3.63, 3.8) is 0 Å². The molecule has 8 heteroatoms. The molecule has 0 saturated heterocycles. The first kappa shape index (κ1) is 13.6. The zero-order valence-electron chi connectivity index (χ0n) is 7.45. The van der Waals surface area contributed by atoms with Crippen molar-refractivity contribution in [2.24, 2.45) is 0 Å². The third-order valence-electron chi connectivity index (χ3n) is 1.70. The number of nitrogens with zero attached hydrogens (tertiary/aromatic N) is 1. The molecule has 0 fully saturated rings. The molecule has 0 amide bonds. The Labute approximate surface area is 101 Å². The van der Waals surface area contributed by atoms with Gasteiger partial charge in [0.2, 0.25) is 0 Å². The van der Waals surface area contributed by atoms with E-state index in [-0.39, 0.29) is 10.9 Å². The number of rotatable bonds is 2. The van der Waals surface area contributed by atoms with Gasteiger partial charge in [0.25, 0.3) is 6.43 Å². The van der Waals surface area contributed by atoms with E-state index in [1.54, 1.807) is 0 Å². The van der Waals surface area contributed by atoms with E-state index >= 15 is 0 Å². The number of hydrogen-bond acceptors (Lipinski definition) is 1. The number of hydrogen-bond donors (Lipinski definition) is 0. The first-order valence-electron chi connectivity index (χ1n) is 3.88. The molecule has 1 rings (SSSR count). The van der Waals surface area contributed by atoms with Gasteiger partial charge in [0.05, 0.1) is 5.02 Å². The zero-order valence-corrected chi connectivity index (χ0v) is 9.80. The molecular weight excluding hydrogens is 320 g/mol. The van der Waals surface area contributed by atoms with Gasteiger partial charge < -0.3 is 0 Å². The second kappa shape index (κ2) is 4.83. The minimum atomic E-state index is -4.77. The monoisotopic (exact) mass is 323 g/mol. The lowest BCUT2D eigenvalue weighted by Crippen LogP contribution is -2.11. The van der Waals surface area contributed by atoms with E-state index in [9.17, 15) is 22.0 Å². The van der Waals surface area contributed by atoms with Crippen molar-refractivity contribution >= 4 is 27.5 Å². The van der Waals surface area contributed by atoms with Crippen LogP contribution in [0.15, 0.2) is 6.07 Å². The maximum atomic E-state index is 12.4. The molecule has 0 aliphatic carbocycles. The van der Waals surface area contributed by atoms with Crippen LogP contribution in [0.3, 0.4) is 0 Å². The van der Waals surface area contributed by atoms with Crippen LogP contribution < -0.4 is 0 Å². The molecule has 0 aliphatic heterocycles. The second-order valence-corrected chi connectivity index (χ2v) is 3.74. The van der Waals surface area contributed by atoms with Crippen molar-refractivity contribution in [2.45, 2.75) is 17.9 Å². The van der Waals surface area contributed by atoms with E-state index < -0.39 is 29.0 Å². The highest BCUT2D eigenvalue weighted by atomic mass is 79.9. The highest BCUT2D eigenvalue weighted by Crippen LogP contribution is 2.35. The Morgan fingerprint density at radius 2 is 1.94 bits per heavy atom. The standard InChI is InChI=1S/C8H4BrClF5N/c9-2-3-1-4(8(13,14)15)16-6(5(3)10)7(11)12/h1,7H,2H2. The molecule has 16 heavy (non-hydrogen) atoms. The van der Waals surface area contributed by atoms with E-state index in [2.05, 4.69) is 20.9 Å². The van der Waals surface area contributed by atoms with Gasteiger partial charge in [-0.2, -0.15) is 13.2 Å². The molecule has 0 saturated carbocycles. The van der Waals surface area contributed by atoms with E-state index in [0.29, 0.717) is 6.07 Å². The number of aromatic nitrogens is 1. The fourth-order valence-corrected chi connectivity index (χ4v) is 1.84. The summed E-state index contributed by atoms with van der Waals surface area (Å²) in [6.45, 7) is 0. The van der Waals surface area contributed by atoms with Gasteiger partial charge in [0.15, 0.2) is 0 Å². The smallest absolute Gasteiger partial charge is 0.241 e. The average molecular weight is 324 g/mol. The Morgan fingerprint density at radius 1 is 1.38 bits per heavy atom. The molecule has 0 spiro atoms. The molecule has 1 aromatic rings. The van der Waals surface area contributed by atoms with Gasteiger partial charge in [-0.15, -0.1) is 0 Å². The van der Waals surface area contributed by atoms with E-state index in [4.69, 9.17) is 11.6 Å². The normalized spacial score (nSPS) is 12.2. The summed E-state index contributed by atoms with van der Waals surface area (Å²) in [6.07, 6.45) is -7.92. The Hall–Kier alpha value is -0.430. The lowest BCUT2D eigenvalue weighted by molar-refractivity contribution is -0.141. The van der Waals surface area contributed by atoms with Crippen molar-refractivity contribution in [1.29, 1.82) is 0 Å². The van der Waals surface area contributed by atoms with Crippen LogP contribution in [0.25, 0.3) is 0 Å². The van der Waals surface area contributed by atoms with Gasteiger partial charge in [-0.1, -0.05) is 27.5 Å². The fourth-order valence-electron chi connectivity index (χ4n) is 0.991. The molecule has 0 unspecified atom stereocenters. The summed E-state index contributed by atoms with van der Waals surface area (Å²) in [5, 5.41) is -0.503. The Bertz CT molecular complexity index is 393. The fraction of sp³-hybridized carbons (Fsp3) is 0.375. The molecule has 1 aromatic heterocycles. The average Bonchev–Trinajstić information content (AvgIpc) is 2.15. The Balaban J connectivity index is 3.40. The van der Waals surface area contributed by atoms with Crippen LogP contribution in [-0.2, 0) is 11.5 Å². The summed E-state index contributed by atoms with van der Waals surface area (Å²) in [5.74, 6) is 0. The van der Waals surface area contributed by atoms with Crippen LogP contribution in [0, 0.1) is 0 Å². The highest BCUT2D eigenvalue weighted by Gasteiger charge is 2.35. The molecule has 0 bridgehead atoms. The molecule has 1 heterocycles. The Kier molecular flexibility index (Phi) is 4.12. The summed E-state index contributed by atoms with van der Waals surface area (Å²) < 4.78 is 61.7. The molecule has 0 atom stereocenters. The minimum Gasteiger partial charge on any atom is -0.241 e. The van der Waals surface area contributed by atoms with Gasteiger partial charge in [0.1, 0.15) is 11.4 Å². The summed E-state index contributed by atoms with van der Waals surface area (Å²) in [5.41, 5.74) is -2.49. The summed E-state index contributed by atoms with van der Waals surface area (Å²) >= 11 is 8.35. The zero-order chi connectivity index (χ0) is 12.5. The van der Waals surface area contributed by atoms with Crippen molar-refractivity contribution in [1.82, 2.24) is 4.98 Å². The highest BCUT2D eigenvalue weighted by molar-refractivity contribution is 9.08. The van der Waals surface area contributed by atoms with Crippen LogP contribution in [0.2, 0.25) is 5.02 Å². The minimum absolute atomic E-state index is 0.0584. The quantitative estimate of drug-likeness (QED) is 0.573. The molecule has 0 radical (unpaired) electrons. The number of pyridine rings is 1. The number of alkyl halides is 6. The molecule has 90 valence electrons. The van der Waals surface area contributed by atoms with Gasteiger partial charge in [0, 0.05) is 5.33 Å². The van der Waals surface area contributed by atoms with Crippen molar-refractivity contribution in [2.75, 3.05) is 0 Å². The largest absolute Gasteiger partial charge is 0.433 e. The predicted molar refractivity (Wildman–Crippen MR) is 51.8 cm³/mol. The Morgan fingerprint density at radius 3 is 2.31 bits per heavy atom. The van der Waals surface area contributed by atoms with Crippen molar-refractivity contribution in [3.8, 4) is 0 Å². The lowest BCUT2D eigenvalue weighted by atomic mass is 10.2. The lowest BCUT2D eigenvalue weighted by Gasteiger charge is -2.12. The van der Waals surface area contributed by atoms with Crippen LogP contribution in [0.1, 0.15) is 23.4 Å². The summed E-state index contributed by atoms with van der Waals surface area (Å²) in [4.78, 5) is 2.82. The van der Waals surface area contributed by atoms with Crippen LogP contribution in [0.5, 0.6) is 0 Å². The molecular formula is C8H4BrClF5N. The van der Waals surface area contributed by atoms with E-state index in [0.717, 1.165) is 0 Å². The predicted octanol–water partition coefficient (Wildman–Crippen LogP) is 4.59. The van der Waals surface area contributed by atoms with Gasteiger partial charge in [-0.3, -0.25) is 0 Å². The SMILES string of the molecule is FC(F)c1nc(C(F)(F)F)cc(CBr)c1Cl. The van der Waals surface area contributed by atoms with E-state index in [1.165, 1.54) is 0 Å². The third-order valence-corrected chi connectivity index (χ3v) is 2.74. The van der Waals surface area contributed by atoms with E-state index in [1.807, 2.05) is 0 Å². The molecule has 0 aromatic carbocycles. The summed E-state index contributed by atoms with van der Waals surface area (Å²) in [7, 11) is 0. The first-order chi connectivity index (χ1) is 7.27. The van der Waals surface area contributed by atoms with Crippen LogP contribution >= 0.6 is 27.5 Å². The van der Waals surface area contributed by atoms with Crippen LogP contribution in [-0.4, -0.2) is 4.98 Å².